The van der Waals surface area contributed by atoms with Gasteiger partial charge in [-0.05, 0) is 50.0 Å². The molecule has 0 saturated carbocycles. The Labute approximate surface area is 112 Å². The average molecular weight is 261 g/mol. The summed E-state index contributed by atoms with van der Waals surface area (Å²) in [5.74, 6) is 0.368. The van der Waals surface area contributed by atoms with E-state index in [2.05, 4.69) is 15.4 Å². The molecule has 0 aliphatic carbocycles. The highest BCUT2D eigenvalue weighted by atomic mass is 16.5. The van der Waals surface area contributed by atoms with Crippen molar-refractivity contribution in [3.8, 4) is 0 Å². The molecular weight excluding hydrogens is 242 g/mol. The Balaban J connectivity index is 2.30. The van der Waals surface area contributed by atoms with Gasteiger partial charge in [0.05, 0.1) is 5.10 Å². The smallest absolute Gasteiger partial charge is 0.290 e. The number of anilines is 1. The maximum absolute atomic E-state index is 11.9. The van der Waals surface area contributed by atoms with Crippen molar-refractivity contribution in [2.75, 3.05) is 32.5 Å². The van der Waals surface area contributed by atoms with Crippen LogP contribution in [0.25, 0.3) is 11.0 Å². The van der Waals surface area contributed by atoms with Gasteiger partial charge in [0.15, 0.2) is 0 Å². The third-order valence-electron chi connectivity index (χ3n) is 3.05. The minimum absolute atomic E-state index is 0.368. The summed E-state index contributed by atoms with van der Waals surface area (Å²) in [6.45, 7) is 5.53. The lowest BCUT2D eigenvalue weighted by atomic mass is 10.1. The van der Waals surface area contributed by atoms with Crippen LogP contribution in [-0.4, -0.2) is 42.2 Å². The fourth-order valence-electron chi connectivity index (χ4n) is 1.77. The largest absolute Gasteiger partial charge is 0.594 e. The SMILES string of the molecule is Cc1cc2nc(NCCN(C)C)n[n+]([O-])c2cc1C. The average Bonchev–Trinajstić information content (AvgIpc) is 2.31. The molecule has 0 radical (unpaired) electrons. The lowest BCUT2D eigenvalue weighted by Crippen LogP contribution is -2.34. The number of likely N-dealkylation sites (N-methyl/N-ethyl adjacent to an activating group) is 1. The normalized spacial score (nSPS) is 11.2. The van der Waals surface area contributed by atoms with Gasteiger partial charge in [0.1, 0.15) is 5.52 Å². The van der Waals surface area contributed by atoms with Crippen LogP contribution >= 0.6 is 0 Å². The molecule has 0 aliphatic rings. The molecule has 0 amide bonds. The lowest BCUT2D eigenvalue weighted by Gasteiger charge is -2.10. The number of benzene rings is 1. The van der Waals surface area contributed by atoms with Crippen LogP contribution < -0.4 is 10.2 Å². The maximum Gasteiger partial charge on any atom is 0.290 e. The van der Waals surface area contributed by atoms with Gasteiger partial charge < -0.3 is 15.4 Å². The van der Waals surface area contributed by atoms with Crippen molar-refractivity contribution in [2.45, 2.75) is 13.8 Å². The van der Waals surface area contributed by atoms with E-state index in [0.717, 1.165) is 17.7 Å². The summed E-state index contributed by atoms with van der Waals surface area (Å²) in [6, 6.07) is 3.74. The number of aryl methyl sites for hydroxylation is 2. The molecule has 0 bridgehead atoms. The van der Waals surface area contributed by atoms with Crippen molar-refractivity contribution >= 4 is 17.0 Å². The highest BCUT2D eigenvalue weighted by molar-refractivity contribution is 5.73. The molecule has 19 heavy (non-hydrogen) atoms. The second-order valence-electron chi connectivity index (χ2n) is 4.96. The first-order valence-electron chi connectivity index (χ1n) is 6.25. The van der Waals surface area contributed by atoms with Gasteiger partial charge in [-0.1, -0.05) is 0 Å². The third-order valence-corrected chi connectivity index (χ3v) is 3.05. The summed E-state index contributed by atoms with van der Waals surface area (Å²) in [5.41, 5.74) is 3.35. The third kappa shape index (κ3) is 3.08. The van der Waals surface area contributed by atoms with Crippen molar-refractivity contribution in [1.29, 1.82) is 0 Å². The molecule has 0 atom stereocenters. The van der Waals surface area contributed by atoms with Crippen molar-refractivity contribution < 1.29 is 4.85 Å². The van der Waals surface area contributed by atoms with E-state index in [1.54, 1.807) is 0 Å². The van der Waals surface area contributed by atoms with Gasteiger partial charge in [-0.2, -0.15) is 0 Å². The van der Waals surface area contributed by atoms with Crippen molar-refractivity contribution in [3.05, 3.63) is 28.5 Å². The molecule has 0 unspecified atom stereocenters. The number of aromatic nitrogens is 3. The molecule has 2 rings (SSSR count). The van der Waals surface area contributed by atoms with E-state index in [1.807, 2.05) is 45.0 Å². The first-order chi connectivity index (χ1) is 8.97. The molecule has 1 N–H and O–H groups in total. The summed E-state index contributed by atoms with van der Waals surface area (Å²) in [5, 5.41) is 18.8. The van der Waals surface area contributed by atoms with Crippen molar-refractivity contribution in [1.82, 2.24) is 15.0 Å². The second-order valence-corrected chi connectivity index (χ2v) is 4.96. The number of hydrogen-bond donors (Lipinski definition) is 1. The molecule has 1 heterocycles. The summed E-state index contributed by atoms with van der Waals surface area (Å²) in [6.07, 6.45) is 0. The molecule has 1 aromatic heterocycles. The van der Waals surface area contributed by atoms with Gasteiger partial charge in [0, 0.05) is 19.2 Å². The molecule has 0 spiro atoms. The predicted octanol–water partition coefficient (Wildman–Crippen LogP) is 0.854. The molecule has 1 aromatic carbocycles. The summed E-state index contributed by atoms with van der Waals surface area (Å²) < 4.78 is 0. The van der Waals surface area contributed by atoms with Gasteiger partial charge in [-0.3, -0.25) is 0 Å². The Kier molecular flexibility index (Phi) is 3.80. The lowest BCUT2D eigenvalue weighted by molar-refractivity contribution is -0.641. The van der Waals surface area contributed by atoms with E-state index in [1.165, 1.54) is 0 Å². The minimum Gasteiger partial charge on any atom is -0.594 e. The molecule has 0 saturated heterocycles. The van der Waals surface area contributed by atoms with Crippen LogP contribution in [0.1, 0.15) is 11.1 Å². The zero-order chi connectivity index (χ0) is 14.0. The van der Waals surface area contributed by atoms with Crippen LogP contribution in [-0.2, 0) is 0 Å². The maximum atomic E-state index is 11.9. The van der Waals surface area contributed by atoms with Crippen LogP contribution in [0.4, 0.5) is 5.95 Å². The minimum atomic E-state index is 0.368. The Morgan fingerprint density at radius 3 is 2.63 bits per heavy atom. The van der Waals surface area contributed by atoms with E-state index in [-0.39, 0.29) is 0 Å². The highest BCUT2D eigenvalue weighted by Crippen LogP contribution is 2.15. The fraction of sp³-hybridized carbons (Fsp3) is 0.462. The molecule has 0 aliphatic heterocycles. The standard InChI is InChI=1S/C13H19N5O/c1-9-7-11-12(8-10(9)2)18(19)16-13(15-11)14-5-6-17(3)4/h7-8H,5-6H2,1-4H3,(H,14,15,16). The zero-order valence-corrected chi connectivity index (χ0v) is 11.8. The second kappa shape index (κ2) is 5.36. The zero-order valence-electron chi connectivity index (χ0n) is 11.8. The molecule has 2 aromatic rings. The molecule has 102 valence electrons. The first-order valence-corrected chi connectivity index (χ1v) is 6.25. The summed E-state index contributed by atoms with van der Waals surface area (Å²) in [4.78, 5) is 7.05. The van der Waals surface area contributed by atoms with Crippen LogP contribution in [0.3, 0.4) is 0 Å². The Morgan fingerprint density at radius 1 is 1.26 bits per heavy atom. The van der Waals surface area contributed by atoms with Crippen LogP contribution in [0.2, 0.25) is 0 Å². The summed E-state index contributed by atoms with van der Waals surface area (Å²) >= 11 is 0. The Hall–Kier alpha value is -1.95. The quantitative estimate of drug-likeness (QED) is 0.653. The van der Waals surface area contributed by atoms with E-state index in [0.29, 0.717) is 28.4 Å². The van der Waals surface area contributed by atoms with Crippen LogP contribution in [0, 0.1) is 19.1 Å². The van der Waals surface area contributed by atoms with E-state index < -0.39 is 0 Å². The fourth-order valence-corrected chi connectivity index (χ4v) is 1.77. The van der Waals surface area contributed by atoms with Gasteiger partial charge >= 0.3 is 0 Å². The Morgan fingerprint density at radius 2 is 1.95 bits per heavy atom. The van der Waals surface area contributed by atoms with Gasteiger partial charge in [-0.25, -0.2) is 4.98 Å². The first kappa shape index (κ1) is 13.5. The molecular formula is C13H19N5O. The monoisotopic (exact) mass is 261 g/mol. The predicted molar refractivity (Wildman–Crippen MR) is 75.0 cm³/mol. The molecule has 6 nitrogen and oxygen atoms in total. The summed E-state index contributed by atoms with van der Waals surface area (Å²) in [7, 11) is 3.98. The number of rotatable bonds is 4. The van der Waals surface area contributed by atoms with Gasteiger partial charge in [0.2, 0.25) is 0 Å². The van der Waals surface area contributed by atoms with Crippen molar-refractivity contribution in [3.63, 3.8) is 0 Å². The van der Waals surface area contributed by atoms with Crippen LogP contribution in [0.15, 0.2) is 12.1 Å². The molecule has 0 fully saturated rings. The number of nitrogens with zero attached hydrogens (tertiary/aromatic N) is 4. The van der Waals surface area contributed by atoms with Gasteiger partial charge in [0.25, 0.3) is 11.5 Å². The Bertz CT molecular complexity index is 597. The number of hydrogen-bond acceptors (Lipinski definition) is 5. The molecule has 6 heteroatoms. The number of fused-ring (bicyclic) bond motifs is 1. The van der Waals surface area contributed by atoms with E-state index in [4.69, 9.17) is 0 Å². The number of nitrogens with one attached hydrogen (secondary N) is 1. The van der Waals surface area contributed by atoms with E-state index >= 15 is 0 Å². The van der Waals surface area contributed by atoms with E-state index in [9.17, 15) is 5.21 Å². The topological polar surface area (TPSA) is 68.0 Å². The van der Waals surface area contributed by atoms with Gasteiger partial charge in [-0.15, -0.1) is 0 Å². The highest BCUT2D eigenvalue weighted by Gasteiger charge is 2.12. The van der Waals surface area contributed by atoms with Crippen LogP contribution in [0.5, 0.6) is 0 Å². The van der Waals surface area contributed by atoms with Crippen molar-refractivity contribution in [2.24, 2.45) is 0 Å².